The average Bonchev–Trinajstić information content (AvgIpc) is 2.84. The Morgan fingerprint density at radius 1 is 1.69 bits per heavy atom. The summed E-state index contributed by atoms with van der Waals surface area (Å²) in [5.41, 5.74) is 0. The van der Waals surface area contributed by atoms with Crippen LogP contribution in [0.3, 0.4) is 0 Å². The van der Waals surface area contributed by atoms with E-state index in [1.54, 1.807) is 6.07 Å². The van der Waals surface area contributed by atoms with Crippen molar-refractivity contribution in [3.05, 3.63) is 16.3 Å². The van der Waals surface area contributed by atoms with Crippen LogP contribution in [0.1, 0.15) is 22.5 Å². The fourth-order valence-electron chi connectivity index (χ4n) is 1.09. The lowest BCUT2D eigenvalue weighted by molar-refractivity contribution is 0.0955. The Kier molecular flexibility index (Phi) is 2.60. The molecule has 0 spiro atoms. The fraction of sp³-hybridized carbons (Fsp3) is 0.444. The maximum absolute atomic E-state index is 11.5. The van der Waals surface area contributed by atoms with E-state index in [1.807, 2.05) is 5.38 Å². The first kappa shape index (κ1) is 9.09. The largest absolute Gasteiger partial charge is 0.351 e. The van der Waals surface area contributed by atoms with E-state index in [-0.39, 0.29) is 5.91 Å². The summed E-state index contributed by atoms with van der Waals surface area (Å²) in [6, 6.07) is 1.80. The Morgan fingerprint density at radius 2 is 2.46 bits per heavy atom. The fourth-order valence-corrected chi connectivity index (χ4v) is 2.16. The molecule has 1 aliphatic carbocycles. The molecule has 2 nitrogen and oxygen atoms in total. The minimum atomic E-state index is 0.0391. The third-order valence-corrected chi connectivity index (χ3v) is 3.42. The van der Waals surface area contributed by atoms with Gasteiger partial charge in [0.15, 0.2) is 0 Å². The second-order valence-electron chi connectivity index (χ2n) is 3.32. The van der Waals surface area contributed by atoms with Gasteiger partial charge in [-0.2, -0.15) is 0 Å². The zero-order valence-electron chi connectivity index (χ0n) is 7.12. The lowest BCUT2D eigenvalue weighted by atomic mass is 10.4. The van der Waals surface area contributed by atoms with Gasteiger partial charge in [-0.3, -0.25) is 4.79 Å². The van der Waals surface area contributed by atoms with E-state index in [9.17, 15) is 4.79 Å². The first-order valence-corrected chi connectivity index (χ1v) is 5.64. The molecule has 0 radical (unpaired) electrons. The molecule has 2 rings (SSSR count). The first-order chi connectivity index (χ1) is 6.25. The van der Waals surface area contributed by atoms with Gasteiger partial charge in [-0.05, 0) is 24.8 Å². The predicted molar refractivity (Wildman–Crippen MR) is 56.6 cm³/mol. The average molecular weight is 213 g/mol. The molecule has 1 fully saturated rings. The molecule has 1 aromatic rings. The quantitative estimate of drug-likeness (QED) is 0.740. The van der Waals surface area contributed by atoms with Gasteiger partial charge in [-0.1, -0.05) is 0 Å². The number of carbonyl (C=O) groups is 1. The Hall–Kier alpha value is -0.480. The number of thiol groups is 1. The van der Waals surface area contributed by atoms with Crippen molar-refractivity contribution in [3.63, 3.8) is 0 Å². The zero-order valence-corrected chi connectivity index (χ0v) is 8.83. The highest BCUT2D eigenvalue weighted by atomic mass is 32.1. The minimum Gasteiger partial charge on any atom is -0.351 e. The highest BCUT2D eigenvalue weighted by Crippen LogP contribution is 2.27. The molecule has 1 aliphatic rings. The van der Waals surface area contributed by atoms with Gasteiger partial charge >= 0.3 is 0 Å². The van der Waals surface area contributed by atoms with E-state index in [0.717, 1.165) is 22.2 Å². The third kappa shape index (κ3) is 2.48. The van der Waals surface area contributed by atoms with E-state index < -0.39 is 0 Å². The van der Waals surface area contributed by atoms with Crippen molar-refractivity contribution in [2.75, 3.05) is 6.54 Å². The Bertz CT molecular complexity index is 317. The van der Waals surface area contributed by atoms with Gasteiger partial charge in [-0.15, -0.1) is 24.0 Å². The standard InChI is InChI=1S/C9H11NOS2/c11-9(10-4-6-1-2-6)8-3-7(12)5-13-8/h3,5-6,12H,1-2,4H2,(H,10,11). The van der Waals surface area contributed by atoms with E-state index in [1.165, 1.54) is 24.2 Å². The molecule has 0 unspecified atom stereocenters. The Labute approximate surface area is 86.8 Å². The molecule has 1 aromatic heterocycles. The van der Waals surface area contributed by atoms with Crippen molar-refractivity contribution in [1.29, 1.82) is 0 Å². The summed E-state index contributed by atoms with van der Waals surface area (Å²) in [6.07, 6.45) is 2.53. The van der Waals surface area contributed by atoms with Crippen molar-refractivity contribution >= 4 is 29.9 Å². The van der Waals surface area contributed by atoms with Crippen LogP contribution in [-0.4, -0.2) is 12.5 Å². The first-order valence-electron chi connectivity index (χ1n) is 4.31. The van der Waals surface area contributed by atoms with E-state index in [4.69, 9.17) is 0 Å². The van der Waals surface area contributed by atoms with Gasteiger partial charge in [0.05, 0.1) is 4.88 Å². The number of rotatable bonds is 3. The molecule has 0 aromatic carbocycles. The molecule has 1 heterocycles. The van der Waals surface area contributed by atoms with Gasteiger partial charge in [0, 0.05) is 16.8 Å². The molecule has 1 saturated carbocycles. The second kappa shape index (κ2) is 3.72. The predicted octanol–water partition coefficient (Wildman–Crippen LogP) is 2.18. The van der Waals surface area contributed by atoms with Gasteiger partial charge in [0.25, 0.3) is 5.91 Å². The number of hydrogen-bond acceptors (Lipinski definition) is 3. The molecular formula is C9H11NOS2. The van der Waals surface area contributed by atoms with Crippen LogP contribution in [0.4, 0.5) is 0 Å². The zero-order chi connectivity index (χ0) is 9.26. The lowest BCUT2D eigenvalue weighted by Gasteiger charge is -2.00. The van der Waals surface area contributed by atoms with E-state index >= 15 is 0 Å². The normalized spacial score (nSPS) is 15.8. The van der Waals surface area contributed by atoms with Gasteiger partial charge < -0.3 is 5.32 Å². The molecule has 1 N–H and O–H groups in total. The third-order valence-electron chi connectivity index (χ3n) is 2.06. The molecule has 13 heavy (non-hydrogen) atoms. The van der Waals surface area contributed by atoms with Gasteiger partial charge in [0.1, 0.15) is 0 Å². The molecule has 4 heteroatoms. The summed E-state index contributed by atoms with van der Waals surface area (Å²) >= 11 is 5.59. The van der Waals surface area contributed by atoms with Crippen LogP contribution in [0.2, 0.25) is 0 Å². The van der Waals surface area contributed by atoms with Crippen LogP contribution in [0, 0.1) is 5.92 Å². The minimum absolute atomic E-state index is 0.0391. The SMILES string of the molecule is O=C(NCC1CC1)c1cc(S)cs1. The van der Waals surface area contributed by atoms with E-state index in [0.29, 0.717) is 0 Å². The summed E-state index contributed by atoms with van der Waals surface area (Å²) in [6.45, 7) is 0.832. The maximum Gasteiger partial charge on any atom is 0.261 e. The molecule has 0 atom stereocenters. The summed E-state index contributed by atoms with van der Waals surface area (Å²) in [4.78, 5) is 13.1. The summed E-state index contributed by atoms with van der Waals surface area (Å²) in [5, 5.41) is 4.78. The van der Waals surface area contributed by atoms with Crippen molar-refractivity contribution in [3.8, 4) is 0 Å². The van der Waals surface area contributed by atoms with Crippen molar-refractivity contribution in [2.45, 2.75) is 17.7 Å². The topological polar surface area (TPSA) is 29.1 Å². The number of nitrogens with one attached hydrogen (secondary N) is 1. The maximum atomic E-state index is 11.5. The van der Waals surface area contributed by atoms with Crippen LogP contribution in [0.25, 0.3) is 0 Å². The highest BCUT2D eigenvalue weighted by molar-refractivity contribution is 7.80. The molecule has 70 valence electrons. The van der Waals surface area contributed by atoms with Crippen LogP contribution < -0.4 is 5.32 Å². The van der Waals surface area contributed by atoms with Crippen LogP contribution in [0.5, 0.6) is 0 Å². The Balaban J connectivity index is 1.88. The number of hydrogen-bond donors (Lipinski definition) is 2. The van der Waals surface area contributed by atoms with Crippen LogP contribution in [0.15, 0.2) is 16.3 Å². The monoisotopic (exact) mass is 213 g/mol. The second-order valence-corrected chi connectivity index (χ2v) is 4.75. The molecule has 0 aliphatic heterocycles. The van der Waals surface area contributed by atoms with Crippen molar-refractivity contribution in [1.82, 2.24) is 5.32 Å². The lowest BCUT2D eigenvalue weighted by Crippen LogP contribution is -2.24. The molecule has 0 saturated heterocycles. The Morgan fingerprint density at radius 3 is 3.00 bits per heavy atom. The smallest absolute Gasteiger partial charge is 0.261 e. The number of amides is 1. The summed E-state index contributed by atoms with van der Waals surface area (Å²) in [7, 11) is 0. The number of thiophene rings is 1. The molecular weight excluding hydrogens is 202 g/mol. The number of carbonyl (C=O) groups excluding carboxylic acids is 1. The van der Waals surface area contributed by atoms with E-state index in [2.05, 4.69) is 17.9 Å². The van der Waals surface area contributed by atoms with Crippen LogP contribution in [-0.2, 0) is 0 Å². The van der Waals surface area contributed by atoms with Crippen molar-refractivity contribution < 1.29 is 4.79 Å². The van der Waals surface area contributed by atoms with Gasteiger partial charge in [-0.25, -0.2) is 0 Å². The van der Waals surface area contributed by atoms with Crippen LogP contribution >= 0.6 is 24.0 Å². The summed E-state index contributed by atoms with van der Waals surface area (Å²) in [5.74, 6) is 0.775. The van der Waals surface area contributed by atoms with Crippen molar-refractivity contribution in [2.24, 2.45) is 5.92 Å². The molecule has 1 amide bonds. The highest BCUT2D eigenvalue weighted by Gasteiger charge is 2.22. The molecule has 0 bridgehead atoms. The summed E-state index contributed by atoms with van der Waals surface area (Å²) < 4.78 is 0. The van der Waals surface area contributed by atoms with Gasteiger partial charge in [0.2, 0.25) is 0 Å².